The SMILES string of the molecule is O=C(NCCN1CCN(c2ccccc2F)CC1)Nc1ccc(F)cc1. The highest BCUT2D eigenvalue weighted by Crippen LogP contribution is 2.19. The van der Waals surface area contributed by atoms with E-state index in [1.54, 1.807) is 12.1 Å². The zero-order chi connectivity index (χ0) is 18.4. The van der Waals surface area contributed by atoms with Gasteiger partial charge in [-0.25, -0.2) is 13.6 Å². The summed E-state index contributed by atoms with van der Waals surface area (Å²) < 4.78 is 26.7. The number of carbonyl (C=O) groups is 1. The molecule has 2 N–H and O–H groups in total. The predicted octanol–water partition coefficient (Wildman–Crippen LogP) is 2.91. The molecule has 0 aliphatic carbocycles. The lowest BCUT2D eigenvalue weighted by Crippen LogP contribution is -2.49. The third-order valence-electron chi connectivity index (χ3n) is 4.38. The zero-order valence-corrected chi connectivity index (χ0v) is 14.4. The van der Waals surface area contributed by atoms with Gasteiger partial charge in [-0.3, -0.25) is 4.90 Å². The lowest BCUT2D eigenvalue weighted by atomic mass is 10.2. The van der Waals surface area contributed by atoms with Gasteiger partial charge < -0.3 is 15.5 Å². The van der Waals surface area contributed by atoms with Crippen LogP contribution in [0, 0.1) is 11.6 Å². The molecule has 0 saturated carbocycles. The molecular weight excluding hydrogens is 338 g/mol. The fraction of sp³-hybridized carbons (Fsp3) is 0.316. The number of piperazine rings is 1. The third kappa shape index (κ3) is 4.92. The van der Waals surface area contributed by atoms with Gasteiger partial charge in [0.05, 0.1) is 5.69 Å². The van der Waals surface area contributed by atoms with Crippen molar-refractivity contribution in [1.29, 1.82) is 0 Å². The Morgan fingerprint density at radius 2 is 1.65 bits per heavy atom. The number of anilines is 2. The minimum Gasteiger partial charge on any atom is -0.367 e. The number of benzene rings is 2. The molecule has 0 bridgehead atoms. The molecule has 1 heterocycles. The number of hydrogen-bond donors (Lipinski definition) is 2. The summed E-state index contributed by atoms with van der Waals surface area (Å²) in [6.45, 7) is 4.37. The van der Waals surface area contributed by atoms with Crippen LogP contribution in [0.3, 0.4) is 0 Å². The van der Waals surface area contributed by atoms with E-state index >= 15 is 0 Å². The molecule has 138 valence electrons. The lowest BCUT2D eigenvalue weighted by molar-refractivity contribution is 0.240. The number of nitrogens with zero attached hydrogens (tertiary/aromatic N) is 2. The Morgan fingerprint density at radius 3 is 2.35 bits per heavy atom. The van der Waals surface area contributed by atoms with Gasteiger partial charge in [-0.15, -0.1) is 0 Å². The molecular formula is C19H22F2N4O. The average molecular weight is 360 g/mol. The normalized spacial score (nSPS) is 14.9. The van der Waals surface area contributed by atoms with Crippen molar-refractivity contribution in [2.45, 2.75) is 0 Å². The Kier molecular flexibility index (Phi) is 6.01. The van der Waals surface area contributed by atoms with Crippen molar-refractivity contribution in [1.82, 2.24) is 10.2 Å². The molecule has 0 spiro atoms. The highest BCUT2D eigenvalue weighted by atomic mass is 19.1. The summed E-state index contributed by atoms with van der Waals surface area (Å²) >= 11 is 0. The van der Waals surface area contributed by atoms with E-state index in [-0.39, 0.29) is 17.7 Å². The van der Waals surface area contributed by atoms with Crippen LogP contribution in [0.15, 0.2) is 48.5 Å². The van der Waals surface area contributed by atoms with E-state index in [1.165, 1.54) is 30.3 Å². The second-order valence-electron chi connectivity index (χ2n) is 6.17. The van der Waals surface area contributed by atoms with Crippen LogP contribution in [0.25, 0.3) is 0 Å². The van der Waals surface area contributed by atoms with E-state index < -0.39 is 0 Å². The fourth-order valence-corrected chi connectivity index (χ4v) is 2.96. The predicted molar refractivity (Wildman–Crippen MR) is 98.5 cm³/mol. The van der Waals surface area contributed by atoms with Crippen molar-refractivity contribution in [3.63, 3.8) is 0 Å². The van der Waals surface area contributed by atoms with Crippen molar-refractivity contribution in [3.8, 4) is 0 Å². The smallest absolute Gasteiger partial charge is 0.319 e. The standard InChI is InChI=1S/C19H22F2N4O/c20-15-5-7-16(8-6-15)23-19(26)22-9-10-24-11-13-25(14-12-24)18-4-2-1-3-17(18)21/h1-8H,9-14H2,(H2,22,23,26). The van der Waals surface area contributed by atoms with Crippen molar-refractivity contribution < 1.29 is 13.6 Å². The molecule has 7 heteroatoms. The molecule has 1 fully saturated rings. The first-order valence-corrected chi connectivity index (χ1v) is 8.64. The van der Waals surface area contributed by atoms with Crippen molar-refractivity contribution in [3.05, 3.63) is 60.2 Å². The van der Waals surface area contributed by atoms with Gasteiger partial charge in [0.2, 0.25) is 0 Å². The maximum absolute atomic E-state index is 13.8. The van der Waals surface area contributed by atoms with Gasteiger partial charge in [-0.2, -0.15) is 0 Å². The second-order valence-corrected chi connectivity index (χ2v) is 6.17. The van der Waals surface area contributed by atoms with Gasteiger partial charge in [0.15, 0.2) is 0 Å². The number of rotatable bonds is 5. The number of para-hydroxylation sites is 1. The summed E-state index contributed by atoms with van der Waals surface area (Å²) in [7, 11) is 0. The summed E-state index contributed by atoms with van der Waals surface area (Å²) in [6, 6.07) is 12.1. The summed E-state index contributed by atoms with van der Waals surface area (Å²) in [6.07, 6.45) is 0. The van der Waals surface area contributed by atoms with Crippen molar-refractivity contribution >= 4 is 17.4 Å². The number of urea groups is 1. The molecule has 2 aromatic carbocycles. The maximum Gasteiger partial charge on any atom is 0.319 e. The second kappa shape index (κ2) is 8.62. The minimum absolute atomic E-state index is 0.194. The largest absolute Gasteiger partial charge is 0.367 e. The third-order valence-corrected chi connectivity index (χ3v) is 4.38. The maximum atomic E-state index is 13.8. The number of amides is 2. The quantitative estimate of drug-likeness (QED) is 0.862. The van der Waals surface area contributed by atoms with Gasteiger partial charge in [0, 0.05) is 45.0 Å². The van der Waals surface area contributed by atoms with Crippen LogP contribution in [-0.2, 0) is 0 Å². The highest BCUT2D eigenvalue weighted by Gasteiger charge is 2.18. The molecule has 2 amide bonds. The Morgan fingerprint density at radius 1 is 0.962 bits per heavy atom. The van der Waals surface area contributed by atoms with E-state index in [0.717, 1.165) is 32.7 Å². The number of halogens is 2. The first-order valence-electron chi connectivity index (χ1n) is 8.64. The molecule has 1 saturated heterocycles. The van der Waals surface area contributed by atoms with Crippen LogP contribution in [0.4, 0.5) is 25.0 Å². The molecule has 5 nitrogen and oxygen atoms in total. The van der Waals surface area contributed by atoms with E-state index in [4.69, 9.17) is 0 Å². The number of carbonyl (C=O) groups excluding carboxylic acids is 1. The monoisotopic (exact) mass is 360 g/mol. The van der Waals surface area contributed by atoms with Crippen molar-refractivity contribution in [2.75, 3.05) is 49.5 Å². The van der Waals surface area contributed by atoms with Crippen LogP contribution < -0.4 is 15.5 Å². The summed E-state index contributed by atoms with van der Waals surface area (Å²) in [5.74, 6) is -0.537. The zero-order valence-electron chi connectivity index (χ0n) is 14.4. The van der Waals surface area contributed by atoms with Crippen molar-refractivity contribution in [2.24, 2.45) is 0 Å². The van der Waals surface area contributed by atoms with E-state index in [2.05, 4.69) is 15.5 Å². The van der Waals surface area contributed by atoms with Crippen LogP contribution in [0.1, 0.15) is 0 Å². The first-order chi connectivity index (χ1) is 12.6. The minimum atomic E-state index is -0.342. The molecule has 26 heavy (non-hydrogen) atoms. The summed E-state index contributed by atoms with van der Waals surface area (Å²) in [5, 5.41) is 5.44. The molecule has 0 radical (unpaired) electrons. The Balaban J connectivity index is 1.37. The van der Waals surface area contributed by atoms with Gasteiger partial charge >= 0.3 is 6.03 Å². The fourth-order valence-electron chi connectivity index (χ4n) is 2.96. The molecule has 1 aliphatic rings. The topological polar surface area (TPSA) is 47.6 Å². The average Bonchev–Trinajstić information content (AvgIpc) is 2.65. The van der Waals surface area contributed by atoms with Crippen LogP contribution >= 0.6 is 0 Å². The summed E-state index contributed by atoms with van der Waals surface area (Å²) in [5.41, 5.74) is 1.19. The lowest BCUT2D eigenvalue weighted by Gasteiger charge is -2.36. The van der Waals surface area contributed by atoms with E-state index in [0.29, 0.717) is 17.9 Å². The van der Waals surface area contributed by atoms with Gasteiger partial charge in [0.1, 0.15) is 11.6 Å². The van der Waals surface area contributed by atoms with Crippen LogP contribution in [0.5, 0.6) is 0 Å². The number of nitrogens with one attached hydrogen (secondary N) is 2. The molecule has 0 unspecified atom stereocenters. The molecule has 3 rings (SSSR count). The molecule has 2 aromatic rings. The number of hydrogen-bond acceptors (Lipinski definition) is 3. The Bertz CT molecular complexity index is 731. The van der Waals surface area contributed by atoms with Gasteiger partial charge in [0.25, 0.3) is 0 Å². The Hall–Kier alpha value is -2.67. The van der Waals surface area contributed by atoms with Gasteiger partial charge in [-0.1, -0.05) is 12.1 Å². The highest BCUT2D eigenvalue weighted by molar-refractivity contribution is 5.89. The van der Waals surface area contributed by atoms with E-state index in [9.17, 15) is 13.6 Å². The molecule has 0 atom stereocenters. The first kappa shape index (κ1) is 18.1. The van der Waals surface area contributed by atoms with E-state index in [1.807, 2.05) is 11.0 Å². The van der Waals surface area contributed by atoms with Gasteiger partial charge in [-0.05, 0) is 36.4 Å². The Labute approximate surface area is 151 Å². The molecule has 1 aliphatic heterocycles. The summed E-state index contributed by atoms with van der Waals surface area (Å²) in [4.78, 5) is 16.1. The molecule has 0 aromatic heterocycles. The van der Waals surface area contributed by atoms with Crippen LogP contribution in [0.2, 0.25) is 0 Å². The van der Waals surface area contributed by atoms with Crippen LogP contribution in [-0.4, -0.2) is 50.2 Å².